The van der Waals surface area contributed by atoms with E-state index in [-0.39, 0.29) is 24.4 Å². The minimum atomic E-state index is -0.342. The number of amides is 1. The fraction of sp³-hybridized carbons (Fsp3) is 0.286. The Balaban J connectivity index is 1.43. The van der Waals surface area contributed by atoms with Crippen LogP contribution in [0.2, 0.25) is 5.02 Å². The highest BCUT2D eigenvalue weighted by Crippen LogP contribution is 2.38. The number of hydrogen-bond acceptors (Lipinski definition) is 8. The highest BCUT2D eigenvalue weighted by Gasteiger charge is 2.21. The number of nitrogens with zero attached hydrogens (tertiary/aromatic N) is 3. The third kappa shape index (κ3) is 8.31. The number of carbonyl (C=O) groups excluding carboxylic acids is 1. The van der Waals surface area contributed by atoms with Gasteiger partial charge in [0.25, 0.3) is 0 Å². The van der Waals surface area contributed by atoms with Crippen molar-refractivity contribution < 1.29 is 23.4 Å². The number of benzene rings is 3. The topological polar surface area (TPSA) is 109 Å². The molecule has 0 bridgehead atoms. The second-order valence-corrected chi connectivity index (χ2v) is 11.1. The van der Waals surface area contributed by atoms with E-state index in [1.54, 1.807) is 42.5 Å². The van der Waals surface area contributed by atoms with Crippen molar-refractivity contribution in [3.05, 3.63) is 94.9 Å². The zero-order chi connectivity index (χ0) is 32.5. The first-order chi connectivity index (χ1) is 22.4. The molecule has 2 heterocycles. The van der Waals surface area contributed by atoms with Crippen molar-refractivity contribution >= 4 is 45.5 Å². The number of nitrogens with one attached hydrogen (secondary N) is 2. The normalized spacial score (nSPS) is 14.5. The third-order valence-corrected chi connectivity index (χ3v) is 7.84. The summed E-state index contributed by atoms with van der Waals surface area (Å²) in [5.74, 6) is 0.233. The Morgan fingerprint density at radius 1 is 1.20 bits per heavy atom. The average Bonchev–Trinajstić information content (AvgIpc) is 3.56. The molecule has 1 amide bonds. The first-order valence-electron chi connectivity index (χ1n) is 15.1. The SMILES string of the molecule is CCN(CC)C/C=C/C(=O)Nc1cc2c(Nc3ccc(OCc4cccc(F)c4)c(Cl)c3)c(C#N)cnc2cc1OC1CCOC1. The lowest BCUT2D eigenvalue weighted by atomic mass is 10.1. The maximum Gasteiger partial charge on any atom is 0.248 e. The lowest BCUT2D eigenvalue weighted by Gasteiger charge is -2.19. The first kappa shape index (κ1) is 32.7. The van der Waals surface area contributed by atoms with Crippen LogP contribution in [0, 0.1) is 17.1 Å². The highest BCUT2D eigenvalue weighted by atomic mass is 35.5. The standard InChI is InChI=1S/C35H35ClFN5O4/c1-3-42(4-2)13-6-9-34(43)41-31-17-28-30(18-33(31)46-27-12-14-44-22-27)39-20-24(19-38)35(28)40-26-10-11-32(29(36)16-26)45-21-23-7-5-8-25(37)15-23/h5-11,15-18,20,27H,3-4,12-14,21-22H2,1-2H3,(H,39,40)(H,41,43)/b9-6+. The van der Waals surface area contributed by atoms with Crippen LogP contribution in [0.4, 0.5) is 21.5 Å². The zero-order valence-corrected chi connectivity index (χ0v) is 26.4. The van der Waals surface area contributed by atoms with Crippen LogP contribution in [0.15, 0.2) is 72.9 Å². The van der Waals surface area contributed by atoms with Gasteiger partial charge in [-0.1, -0.05) is 43.7 Å². The van der Waals surface area contributed by atoms with Crippen LogP contribution in [-0.4, -0.2) is 54.7 Å². The van der Waals surface area contributed by atoms with Gasteiger partial charge in [-0.2, -0.15) is 5.26 Å². The molecule has 1 atom stereocenters. The summed E-state index contributed by atoms with van der Waals surface area (Å²) < 4.78 is 31.1. The van der Waals surface area contributed by atoms with Crippen LogP contribution in [0.5, 0.6) is 11.5 Å². The molecular formula is C35H35ClFN5O4. The van der Waals surface area contributed by atoms with Crippen molar-refractivity contribution in [3.63, 3.8) is 0 Å². The Morgan fingerprint density at radius 2 is 2.04 bits per heavy atom. The first-order valence-corrected chi connectivity index (χ1v) is 15.5. The molecule has 1 unspecified atom stereocenters. The fourth-order valence-electron chi connectivity index (χ4n) is 5.01. The van der Waals surface area contributed by atoms with Crippen molar-refractivity contribution in [3.8, 4) is 17.6 Å². The highest BCUT2D eigenvalue weighted by molar-refractivity contribution is 6.32. The number of aromatic nitrogens is 1. The zero-order valence-electron chi connectivity index (χ0n) is 25.7. The van der Waals surface area contributed by atoms with E-state index in [9.17, 15) is 14.4 Å². The van der Waals surface area contributed by atoms with Crippen LogP contribution in [-0.2, 0) is 16.1 Å². The van der Waals surface area contributed by atoms with E-state index >= 15 is 0 Å². The van der Waals surface area contributed by atoms with E-state index in [1.807, 2.05) is 6.08 Å². The van der Waals surface area contributed by atoms with Gasteiger partial charge in [-0.05, 0) is 55.1 Å². The molecule has 0 saturated carbocycles. The molecule has 11 heteroatoms. The summed E-state index contributed by atoms with van der Waals surface area (Å²) in [5.41, 5.74) is 3.05. The summed E-state index contributed by atoms with van der Waals surface area (Å²) in [4.78, 5) is 19.7. The molecule has 4 aromatic rings. The molecule has 238 valence electrons. The molecule has 0 spiro atoms. The van der Waals surface area contributed by atoms with Gasteiger partial charge in [0.1, 0.15) is 36.1 Å². The lowest BCUT2D eigenvalue weighted by molar-refractivity contribution is -0.111. The van der Waals surface area contributed by atoms with Gasteiger partial charge in [0.05, 0.1) is 40.7 Å². The number of halogens is 2. The van der Waals surface area contributed by atoms with Gasteiger partial charge < -0.3 is 29.7 Å². The molecule has 1 fully saturated rings. The summed E-state index contributed by atoms with van der Waals surface area (Å²) in [6.07, 6.45) is 5.39. The maximum atomic E-state index is 13.6. The second-order valence-electron chi connectivity index (χ2n) is 10.7. The summed E-state index contributed by atoms with van der Waals surface area (Å²) in [5, 5.41) is 17.2. The van der Waals surface area contributed by atoms with Crippen molar-refractivity contribution in [2.45, 2.75) is 33.0 Å². The van der Waals surface area contributed by atoms with Crippen molar-refractivity contribution in [2.24, 2.45) is 0 Å². The van der Waals surface area contributed by atoms with Crippen LogP contribution < -0.4 is 20.1 Å². The average molecular weight is 644 g/mol. The molecule has 3 aromatic carbocycles. The van der Waals surface area contributed by atoms with Crippen LogP contribution in [0.1, 0.15) is 31.4 Å². The Labute approximate surface area is 272 Å². The molecule has 1 aromatic heterocycles. The van der Waals surface area contributed by atoms with E-state index in [2.05, 4.69) is 40.4 Å². The molecule has 5 rings (SSSR count). The van der Waals surface area contributed by atoms with Crippen LogP contribution >= 0.6 is 11.6 Å². The van der Waals surface area contributed by atoms with Gasteiger partial charge in [-0.25, -0.2) is 4.39 Å². The van der Waals surface area contributed by atoms with Gasteiger partial charge in [0.2, 0.25) is 5.91 Å². The minimum absolute atomic E-state index is 0.147. The predicted octanol–water partition coefficient (Wildman–Crippen LogP) is 7.23. The Hall–Kier alpha value is -4.69. The summed E-state index contributed by atoms with van der Waals surface area (Å²) in [6.45, 7) is 7.76. The Bertz CT molecular complexity index is 1770. The van der Waals surface area contributed by atoms with Crippen LogP contribution in [0.25, 0.3) is 10.9 Å². The van der Waals surface area contributed by atoms with E-state index in [0.29, 0.717) is 75.4 Å². The Morgan fingerprint density at radius 3 is 2.76 bits per heavy atom. The molecule has 9 nitrogen and oxygen atoms in total. The van der Waals surface area contributed by atoms with Gasteiger partial charge in [0.15, 0.2) is 0 Å². The number of hydrogen-bond donors (Lipinski definition) is 2. The quantitative estimate of drug-likeness (QED) is 0.147. The molecule has 1 aliphatic heterocycles. The number of likely N-dealkylation sites (N-methyl/N-ethyl adjacent to an activating group) is 1. The van der Waals surface area contributed by atoms with Gasteiger partial charge >= 0.3 is 0 Å². The summed E-state index contributed by atoms with van der Waals surface area (Å²) >= 11 is 6.55. The number of fused-ring (bicyclic) bond motifs is 1. The monoisotopic (exact) mass is 643 g/mol. The summed E-state index contributed by atoms with van der Waals surface area (Å²) in [6, 6.07) is 17.0. The van der Waals surface area contributed by atoms with Gasteiger partial charge in [-0.15, -0.1) is 0 Å². The largest absolute Gasteiger partial charge is 0.487 e. The van der Waals surface area contributed by atoms with E-state index in [1.165, 1.54) is 24.4 Å². The molecular weight excluding hydrogens is 609 g/mol. The van der Waals surface area contributed by atoms with Gasteiger partial charge in [0, 0.05) is 42.4 Å². The molecule has 1 aliphatic rings. The number of anilines is 3. The van der Waals surface area contributed by atoms with E-state index < -0.39 is 0 Å². The molecule has 46 heavy (non-hydrogen) atoms. The van der Waals surface area contributed by atoms with Crippen molar-refractivity contribution in [1.29, 1.82) is 5.26 Å². The molecule has 1 saturated heterocycles. The smallest absolute Gasteiger partial charge is 0.248 e. The third-order valence-electron chi connectivity index (χ3n) is 7.54. The van der Waals surface area contributed by atoms with Crippen molar-refractivity contribution in [2.75, 3.05) is 43.5 Å². The molecule has 2 N–H and O–H groups in total. The number of nitriles is 1. The number of ether oxygens (including phenoxy) is 3. The van der Waals surface area contributed by atoms with Crippen molar-refractivity contribution in [1.82, 2.24) is 9.88 Å². The number of rotatable bonds is 13. The number of carbonyl (C=O) groups is 1. The lowest BCUT2D eigenvalue weighted by Crippen LogP contribution is -2.23. The van der Waals surface area contributed by atoms with Crippen LogP contribution in [0.3, 0.4) is 0 Å². The minimum Gasteiger partial charge on any atom is -0.487 e. The predicted molar refractivity (Wildman–Crippen MR) is 177 cm³/mol. The maximum absolute atomic E-state index is 13.6. The number of pyridine rings is 1. The fourth-order valence-corrected chi connectivity index (χ4v) is 5.25. The Kier molecular flexibility index (Phi) is 11.0. The van der Waals surface area contributed by atoms with E-state index in [4.69, 9.17) is 25.8 Å². The van der Waals surface area contributed by atoms with Gasteiger partial charge in [-0.3, -0.25) is 9.78 Å². The second kappa shape index (κ2) is 15.5. The molecule has 0 aliphatic carbocycles. The summed E-state index contributed by atoms with van der Waals surface area (Å²) in [7, 11) is 0. The molecule has 0 radical (unpaired) electrons. The van der Waals surface area contributed by atoms with E-state index in [0.717, 1.165) is 19.5 Å².